The number of benzene rings is 2. The molecule has 0 amide bonds. The molecule has 0 saturated carbocycles. The molecule has 1 aliphatic heterocycles. The zero-order valence-electron chi connectivity index (χ0n) is 24.6. The first kappa shape index (κ1) is 28.0. The molecule has 1 aliphatic rings. The summed E-state index contributed by atoms with van der Waals surface area (Å²) in [6.45, 7) is 13.7. The van der Waals surface area contributed by atoms with Crippen molar-refractivity contribution in [1.29, 1.82) is 0 Å². The average Bonchev–Trinajstić information content (AvgIpc) is 3.42. The summed E-state index contributed by atoms with van der Waals surface area (Å²) in [6.07, 6.45) is 2.96. The fraction of sp³-hybridized carbons (Fsp3) is 0.500. The maximum atomic E-state index is 13.8. The van der Waals surface area contributed by atoms with E-state index in [1.807, 2.05) is 59.4 Å². The minimum atomic E-state index is 0.0431. The Kier molecular flexibility index (Phi) is 8.35. The Morgan fingerprint density at radius 2 is 1.77 bits per heavy atom. The van der Waals surface area contributed by atoms with Crippen LogP contribution in [0.1, 0.15) is 61.7 Å². The van der Waals surface area contributed by atoms with E-state index in [4.69, 9.17) is 14.0 Å². The van der Waals surface area contributed by atoms with E-state index in [-0.39, 0.29) is 17.8 Å². The number of imidazole rings is 1. The fourth-order valence-electron chi connectivity index (χ4n) is 5.86. The third-order valence-corrected chi connectivity index (χ3v) is 8.44. The SMILES string of the molecule is COc1ccc(C)c(OC(CCN2CCC(n3c(=O)n(Cc4c(C)noc4C)c4ccccc43)CC2)C(C)C)c1. The van der Waals surface area contributed by atoms with Crippen molar-refractivity contribution in [3.63, 3.8) is 0 Å². The van der Waals surface area contributed by atoms with Crippen molar-refractivity contribution in [2.45, 2.75) is 72.6 Å². The largest absolute Gasteiger partial charge is 0.497 e. The number of aromatic nitrogens is 3. The van der Waals surface area contributed by atoms with E-state index < -0.39 is 0 Å². The second-order valence-corrected chi connectivity index (χ2v) is 11.4. The van der Waals surface area contributed by atoms with E-state index in [0.29, 0.717) is 12.5 Å². The lowest BCUT2D eigenvalue weighted by molar-refractivity contribution is 0.109. The van der Waals surface area contributed by atoms with Gasteiger partial charge in [-0.2, -0.15) is 0 Å². The lowest BCUT2D eigenvalue weighted by atomic mass is 10.0. The standard InChI is InChI=1S/C32H42N4O4/c1-21(2)30(39-31-19-26(38-6)12-11-22(31)3)15-18-34-16-13-25(14-17-34)36-29-10-8-7-9-28(29)35(32(36)37)20-27-23(4)33-40-24(27)5/h7-12,19,21,25,30H,13-18,20H2,1-6H3. The van der Waals surface area contributed by atoms with Gasteiger partial charge in [-0.1, -0.05) is 37.2 Å². The van der Waals surface area contributed by atoms with E-state index in [1.165, 1.54) is 0 Å². The zero-order valence-corrected chi connectivity index (χ0v) is 24.6. The van der Waals surface area contributed by atoms with Crippen molar-refractivity contribution in [1.82, 2.24) is 19.2 Å². The molecule has 1 atom stereocenters. The number of piperidine rings is 1. The van der Waals surface area contributed by atoms with E-state index >= 15 is 0 Å². The van der Waals surface area contributed by atoms with Gasteiger partial charge in [0.25, 0.3) is 0 Å². The van der Waals surface area contributed by atoms with Crippen LogP contribution in [0, 0.1) is 26.7 Å². The maximum Gasteiger partial charge on any atom is 0.329 e. The highest BCUT2D eigenvalue weighted by molar-refractivity contribution is 5.76. The molecule has 8 nitrogen and oxygen atoms in total. The average molecular weight is 547 g/mol. The maximum absolute atomic E-state index is 13.8. The number of hydrogen-bond acceptors (Lipinski definition) is 6. The molecule has 3 heterocycles. The van der Waals surface area contributed by atoms with Crippen molar-refractivity contribution < 1.29 is 14.0 Å². The monoisotopic (exact) mass is 546 g/mol. The van der Waals surface area contributed by atoms with Crippen LogP contribution >= 0.6 is 0 Å². The van der Waals surface area contributed by atoms with Crippen LogP contribution in [0.15, 0.2) is 51.8 Å². The van der Waals surface area contributed by atoms with Crippen molar-refractivity contribution in [2.24, 2.45) is 5.92 Å². The summed E-state index contributed by atoms with van der Waals surface area (Å²) < 4.78 is 21.2. The Balaban J connectivity index is 1.26. The summed E-state index contributed by atoms with van der Waals surface area (Å²) in [6, 6.07) is 14.3. The second-order valence-electron chi connectivity index (χ2n) is 11.4. The van der Waals surface area contributed by atoms with Gasteiger partial charge in [-0.05, 0) is 69.7 Å². The molecular formula is C32H42N4O4. The normalized spacial score (nSPS) is 15.7. The highest BCUT2D eigenvalue weighted by Gasteiger charge is 2.27. The lowest BCUT2D eigenvalue weighted by Gasteiger charge is -2.34. The number of fused-ring (bicyclic) bond motifs is 1. The predicted octanol–water partition coefficient (Wildman–Crippen LogP) is 5.90. The molecule has 2 aromatic carbocycles. The molecule has 0 spiro atoms. The van der Waals surface area contributed by atoms with E-state index in [2.05, 4.69) is 36.9 Å². The van der Waals surface area contributed by atoms with Gasteiger partial charge in [0.2, 0.25) is 0 Å². The Morgan fingerprint density at radius 1 is 1.05 bits per heavy atom. The Bertz CT molecular complexity index is 1490. The number of nitrogens with zero attached hydrogens (tertiary/aromatic N) is 4. The van der Waals surface area contributed by atoms with Gasteiger partial charge in [-0.15, -0.1) is 0 Å². The van der Waals surface area contributed by atoms with Gasteiger partial charge in [0.15, 0.2) is 0 Å². The smallest absolute Gasteiger partial charge is 0.329 e. The molecule has 2 aromatic heterocycles. The molecule has 214 valence electrons. The molecule has 5 rings (SSSR count). The van der Waals surface area contributed by atoms with Crippen LogP contribution in [0.5, 0.6) is 11.5 Å². The van der Waals surface area contributed by atoms with Crippen molar-refractivity contribution in [3.8, 4) is 11.5 Å². The topological polar surface area (TPSA) is 74.7 Å². The van der Waals surface area contributed by atoms with Gasteiger partial charge < -0.3 is 18.9 Å². The Labute approximate surface area is 236 Å². The molecular weight excluding hydrogens is 504 g/mol. The van der Waals surface area contributed by atoms with Gasteiger partial charge in [0.05, 0.1) is 30.4 Å². The fourth-order valence-corrected chi connectivity index (χ4v) is 5.86. The summed E-state index contributed by atoms with van der Waals surface area (Å²) >= 11 is 0. The van der Waals surface area contributed by atoms with Gasteiger partial charge >= 0.3 is 5.69 Å². The summed E-state index contributed by atoms with van der Waals surface area (Å²) in [7, 11) is 1.68. The summed E-state index contributed by atoms with van der Waals surface area (Å²) in [5.41, 5.74) is 4.93. The van der Waals surface area contributed by atoms with Crippen LogP contribution in [0.4, 0.5) is 0 Å². The third kappa shape index (κ3) is 5.68. The highest BCUT2D eigenvalue weighted by Crippen LogP contribution is 2.29. The van der Waals surface area contributed by atoms with Crippen LogP contribution in [-0.2, 0) is 6.54 Å². The first-order valence-electron chi connectivity index (χ1n) is 14.4. The molecule has 0 radical (unpaired) electrons. The second kappa shape index (κ2) is 11.9. The van der Waals surface area contributed by atoms with Crippen LogP contribution in [0.2, 0.25) is 0 Å². The highest BCUT2D eigenvalue weighted by atomic mass is 16.5. The van der Waals surface area contributed by atoms with Gasteiger partial charge in [0.1, 0.15) is 23.4 Å². The number of para-hydroxylation sites is 2. The Hall–Kier alpha value is -3.52. The van der Waals surface area contributed by atoms with E-state index in [9.17, 15) is 4.79 Å². The van der Waals surface area contributed by atoms with Crippen molar-refractivity contribution in [3.05, 3.63) is 75.5 Å². The number of likely N-dealkylation sites (tertiary alicyclic amines) is 1. The van der Waals surface area contributed by atoms with Gasteiger partial charge in [-0.3, -0.25) is 9.13 Å². The predicted molar refractivity (Wildman–Crippen MR) is 158 cm³/mol. The van der Waals surface area contributed by atoms with Crippen molar-refractivity contribution in [2.75, 3.05) is 26.7 Å². The molecule has 4 aromatic rings. The molecule has 0 bridgehead atoms. The van der Waals surface area contributed by atoms with E-state index in [0.717, 1.165) is 84.0 Å². The molecule has 0 N–H and O–H groups in total. The molecule has 1 unspecified atom stereocenters. The number of rotatable bonds is 10. The molecule has 1 saturated heterocycles. The first-order valence-corrected chi connectivity index (χ1v) is 14.4. The molecule has 1 fully saturated rings. The summed E-state index contributed by atoms with van der Waals surface area (Å²) in [4.78, 5) is 16.3. The number of aryl methyl sites for hydroxylation is 3. The quantitative estimate of drug-likeness (QED) is 0.246. The minimum Gasteiger partial charge on any atom is -0.497 e. The third-order valence-electron chi connectivity index (χ3n) is 8.44. The van der Waals surface area contributed by atoms with Crippen LogP contribution in [0.25, 0.3) is 11.0 Å². The van der Waals surface area contributed by atoms with Crippen molar-refractivity contribution >= 4 is 11.0 Å². The number of hydrogen-bond donors (Lipinski definition) is 0. The molecule has 40 heavy (non-hydrogen) atoms. The van der Waals surface area contributed by atoms with E-state index in [1.54, 1.807) is 7.11 Å². The molecule has 8 heteroatoms. The number of ether oxygens (including phenoxy) is 2. The van der Waals surface area contributed by atoms with Crippen LogP contribution < -0.4 is 15.2 Å². The van der Waals surface area contributed by atoms with Crippen LogP contribution in [0.3, 0.4) is 0 Å². The Morgan fingerprint density at radius 3 is 2.42 bits per heavy atom. The lowest BCUT2D eigenvalue weighted by Crippen LogP contribution is -2.40. The summed E-state index contributed by atoms with van der Waals surface area (Å²) in [5.74, 6) is 2.86. The van der Waals surface area contributed by atoms with Gasteiger partial charge in [0, 0.05) is 37.3 Å². The van der Waals surface area contributed by atoms with Gasteiger partial charge in [-0.25, -0.2) is 4.79 Å². The summed E-state index contributed by atoms with van der Waals surface area (Å²) in [5, 5.41) is 4.09. The molecule has 0 aliphatic carbocycles. The van der Waals surface area contributed by atoms with Crippen LogP contribution in [-0.4, -0.2) is 52.0 Å². The first-order chi connectivity index (χ1) is 19.3. The minimum absolute atomic E-state index is 0.0431. The zero-order chi connectivity index (χ0) is 28.4. The number of methoxy groups -OCH3 is 1.